The lowest BCUT2D eigenvalue weighted by molar-refractivity contribution is -0.127. The van der Waals surface area contributed by atoms with Crippen LogP contribution in [0.2, 0.25) is 6.04 Å². The predicted molar refractivity (Wildman–Crippen MR) is 64.5 cm³/mol. The molecule has 1 atom stereocenters. The number of carbonyl (C=O) groups is 1. The number of primary sulfonamides is 1. The van der Waals surface area contributed by atoms with Crippen LogP contribution < -0.4 is 5.14 Å². The molecule has 1 rings (SSSR count). The molecule has 10 heteroatoms. The van der Waals surface area contributed by atoms with E-state index in [1.807, 2.05) is 0 Å². The van der Waals surface area contributed by atoms with Crippen molar-refractivity contribution in [2.24, 2.45) is 11.1 Å². The Morgan fingerprint density at radius 1 is 1.39 bits per heavy atom. The lowest BCUT2D eigenvalue weighted by atomic mass is 10.1. The zero-order valence-corrected chi connectivity index (χ0v) is 11.6. The van der Waals surface area contributed by atoms with Crippen LogP contribution in [0.15, 0.2) is 0 Å². The molecule has 0 aromatic carbocycles. The Hall–Kier alpha value is -0.523. The van der Waals surface area contributed by atoms with Gasteiger partial charge in [0.1, 0.15) is 0 Å². The van der Waals surface area contributed by atoms with Crippen LogP contribution in [0.1, 0.15) is 12.8 Å². The summed E-state index contributed by atoms with van der Waals surface area (Å²) >= 11 is 0. The molecule has 106 valence electrons. The van der Waals surface area contributed by atoms with Crippen LogP contribution in [-0.2, 0) is 14.8 Å². The van der Waals surface area contributed by atoms with Crippen molar-refractivity contribution in [3.8, 4) is 0 Å². The van der Waals surface area contributed by atoms with Crippen molar-refractivity contribution < 1.29 is 27.6 Å². The van der Waals surface area contributed by atoms with E-state index < -0.39 is 18.8 Å². The van der Waals surface area contributed by atoms with Crippen molar-refractivity contribution in [2.45, 2.75) is 18.9 Å². The van der Waals surface area contributed by atoms with Gasteiger partial charge in [-0.05, 0) is 6.42 Å². The van der Waals surface area contributed by atoms with Crippen molar-refractivity contribution in [2.75, 3.05) is 18.8 Å². The molecule has 1 unspecified atom stereocenters. The van der Waals surface area contributed by atoms with E-state index in [9.17, 15) is 13.2 Å². The van der Waals surface area contributed by atoms with E-state index in [-0.39, 0.29) is 43.0 Å². The fraction of sp³-hybridized carbons (Fsp3) is 0.875. The van der Waals surface area contributed by atoms with Crippen molar-refractivity contribution in [1.82, 2.24) is 4.90 Å². The number of hydrogen-bond donors (Lipinski definition) is 4. The highest BCUT2D eigenvalue weighted by Crippen LogP contribution is 2.19. The van der Waals surface area contributed by atoms with Crippen LogP contribution in [-0.4, -0.2) is 61.3 Å². The number of rotatable bonds is 6. The van der Waals surface area contributed by atoms with Gasteiger partial charge in [-0.15, -0.1) is 0 Å². The summed E-state index contributed by atoms with van der Waals surface area (Å²) in [6.07, 6.45) is 0.403. The molecule has 0 spiro atoms. The highest BCUT2D eigenvalue weighted by atomic mass is 32.2. The quantitative estimate of drug-likeness (QED) is 0.397. The Bertz CT molecular complexity index is 406. The number of nitrogens with two attached hydrogens (primary N) is 1. The molecular weight excluding hydrogens is 280 g/mol. The average molecular weight is 298 g/mol. The maximum Gasteiger partial charge on any atom is 0.492 e. The lowest BCUT2D eigenvalue weighted by Gasteiger charge is -2.17. The third-order valence-corrected chi connectivity index (χ3v) is 4.66. The summed E-state index contributed by atoms with van der Waals surface area (Å²) < 4.78 is 21.8. The van der Waals surface area contributed by atoms with Crippen LogP contribution in [0, 0.1) is 5.92 Å². The van der Waals surface area contributed by atoms with Gasteiger partial charge in [-0.2, -0.15) is 0 Å². The summed E-state index contributed by atoms with van der Waals surface area (Å²) in [5.74, 6) is -0.717. The van der Waals surface area contributed by atoms with E-state index in [4.69, 9.17) is 19.5 Å². The summed E-state index contributed by atoms with van der Waals surface area (Å²) in [6, 6.07) is -0.142. The monoisotopic (exact) mass is 298 g/mol. The minimum absolute atomic E-state index is 0.135. The minimum atomic E-state index is -4.06. The standard InChI is InChI=1S/C8H18N2O6SSi/c9-17(12,13)6-7-4-8(11)10(5-7)2-1-3-18(14,15)16/h7,14-16H,1-6H2,(H2,9,12,13). The molecule has 1 aliphatic heterocycles. The molecule has 1 amide bonds. The van der Waals surface area contributed by atoms with Crippen LogP contribution in [0.3, 0.4) is 0 Å². The molecule has 0 aromatic rings. The maximum atomic E-state index is 11.5. The maximum absolute atomic E-state index is 11.5. The average Bonchev–Trinajstić information content (AvgIpc) is 2.41. The van der Waals surface area contributed by atoms with Gasteiger partial charge in [-0.3, -0.25) is 4.79 Å². The zero-order chi connectivity index (χ0) is 14.0. The topological polar surface area (TPSA) is 141 Å². The first-order chi connectivity index (χ1) is 8.07. The van der Waals surface area contributed by atoms with Crippen molar-refractivity contribution in [3.05, 3.63) is 0 Å². The van der Waals surface area contributed by atoms with E-state index >= 15 is 0 Å². The second kappa shape index (κ2) is 5.63. The van der Waals surface area contributed by atoms with Crippen molar-refractivity contribution in [1.29, 1.82) is 0 Å². The van der Waals surface area contributed by atoms with Gasteiger partial charge in [0, 0.05) is 31.5 Å². The highest BCUT2D eigenvalue weighted by Gasteiger charge is 2.32. The van der Waals surface area contributed by atoms with Crippen molar-refractivity contribution >= 4 is 24.7 Å². The summed E-state index contributed by atoms with van der Waals surface area (Å²) in [5.41, 5.74) is 0. The molecule has 1 heterocycles. The first-order valence-electron chi connectivity index (χ1n) is 5.52. The molecule has 0 bridgehead atoms. The number of sulfonamides is 1. The number of amides is 1. The van der Waals surface area contributed by atoms with Gasteiger partial charge < -0.3 is 19.3 Å². The number of carbonyl (C=O) groups excluding carboxylic acids is 1. The SMILES string of the molecule is NS(=O)(=O)CC1CC(=O)N(CCC[Si](O)(O)O)C1. The highest BCUT2D eigenvalue weighted by molar-refractivity contribution is 7.89. The number of nitrogens with zero attached hydrogens (tertiary/aromatic N) is 1. The number of hydrogen-bond acceptors (Lipinski definition) is 6. The molecule has 1 fully saturated rings. The molecule has 5 N–H and O–H groups in total. The summed E-state index contributed by atoms with van der Waals surface area (Å²) in [6.45, 7) is 0.572. The largest absolute Gasteiger partial charge is 0.492 e. The molecule has 18 heavy (non-hydrogen) atoms. The molecule has 0 aliphatic carbocycles. The second-order valence-electron chi connectivity index (χ2n) is 4.62. The first-order valence-corrected chi connectivity index (χ1v) is 9.28. The van der Waals surface area contributed by atoms with E-state index in [1.165, 1.54) is 4.90 Å². The minimum Gasteiger partial charge on any atom is -0.390 e. The lowest BCUT2D eigenvalue weighted by Crippen LogP contribution is -2.36. The Morgan fingerprint density at radius 2 is 2.00 bits per heavy atom. The summed E-state index contributed by atoms with van der Waals surface area (Å²) in [7, 11) is -7.65. The van der Waals surface area contributed by atoms with Crippen LogP contribution >= 0.6 is 0 Å². The number of likely N-dealkylation sites (tertiary alicyclic amines) is 1. The van der Waals surface area contributed by atoms with Gasteiger partial charge >= 0.3 is 8.80 Å². The first kappa shape index (κ1) is 15.5. The molecule has 0 saturated carbocycles. The normalized spacial score (nSPS) is 21.7. The Balaban J connectivity index is 2.39. The third kappa shape index (κ3) is 5.89. The van der Waals surface area contributed by atoms with Gasteiger partial charge in [-0.25, -0.2) is 13.6 Å². The molecule has 0 radical (unpaired) electrons. The van der Waals surface area contributed by atoms with Gasteiger partial charge in [0.2, 0.25) is 15.9 Å². The molecule has 1 saturated heterocycles. The predicted octanol–water partition coefficient (Wildman–Crippen LogP) is -2.57. The summed E-state index contributed by atoms with van der Waals surface area (Å²) in [5, 5.41) is 4.91. The summed E-state index contributed by atoms with van der Waals surface area (Å²) in [4.78, 5) is 39.4. The fourth-order valence-corrected chi connectivity index (χ4v) is 3.53. The molecular formula is C8H18N2O6SSi. The van der Waals surface area contributed by atoms with Gasteiger partial charge in [0.05, 0.1) is 5.75 Å². The van der Waals surface area contributed by atoms with E-state index in [1.54, 1.807) is 0 Å². The van der Waals surface area contributed by atoms with Crippen molar-refractivity contribution in [3.63, 3.8) is 0 Å². The zero-order valence-electron chi connectivity index (χ0n) is 9.82. The third-order valence-electron chi connectivity index (χ3n) is 2.70. The Labute approximate surface area is 106 Å². The van der Waals surface area contributed by atoms with E-state index in [2.05, 4.69) is 0 Å². The molecule has 0 aromatic heterocycles. The van der Waals surface area contributed by atoms with Crippen LogP contribution in [0.5, 0.6) is 0 Å². The van der Waals surface area contributed by atoms with Crippen LogP contribution in [0.25, 0.3) is 0 Å². The Morgan fingerprint density at radius 3 is 2.50 bits per heavy atom. The van der Waals surface area contributed by atoms with E-state index in [0.29, 0.717) is 6.54 Å². The van der Waals surface area contributed by atoms with Crippen LogP contribution in [0.4, 0.5) is 0 Å². The molecule has 1 aliphatic rings. The fourth-order valence-electron chi connectivity index (χ4n) is 2.02. The van der Waals surface area contributed by atoms with Gasteiger partial charge in [0.15, 0.2) is 0 Å². The Kier molecular flexibility index (Phi) is 4.86. The second-order valence-corrected chi connectivity index (χ2v) is 8.33. The van der Waals surface area contributed by atoms with Gasteiger partial charge in [0.25, 0.3) is 0 Å². The van der Waals surface area contributed by atoms with Gasteiger partial charge in [-0.1, -0.05) is 0 Å². The smallest absolute Gasteiger partial charge is 0.390 e. The molecule has 8 nitrogen and oxygen atoms in total. The van der Waals surface area contributed by atoms with E-state index in [0.717, 1.165) is 0 Å².